The highest BCUT2D eigenvalue weighted by molar-refractivity contribution is 7.14. The fourth-order valence-corrected chi connectivity index (χ4v) is 8.90. The normalized spacial score (nSPS) is 22.1. The number of rotatable bonds is 8. The summed E-state index contributed by atoms with van der Waals surface area (Å²) in [5.74, 6) is 0.671. The van der Waals surface area contributed by atoms with Crippen LogP contribution >= 0.6 is 11.5 Å². The predicted octanol–water partition coefficient (Wildman–Crippen LogP) is 4.88. The van der Waals surface area contributed by atoms with Gasteiger partial charge in [0, 0.05) is 52.5 Å². The van der Waals surface area contributed by atoms with E-state index in [2.05, 4.69) is 42.0 Å². The van der Waals surface area contributed by atoms with Gasteiger partial charge in [0.05, 0.1) is 28.3 Å². The van der Waals surface area contributed by atoms with E-state index in [1.54, 1.807) is 11.7 Å². The zero-order chi connectivity index (χ0) is 32.0. The van der Waals surface area contributed by atoms with Crippen molar-refractivity contribution in [1.29, 1.82) is 0 Å². The average molecular weight is 664 g/mol. The number of nitrogens with one attached hydrogen (secondary N) is 1. The molecule has 0 spiro atoms. The van der Waals surface area contributed by atoms with Crippen molar-refractivity contribution < 1.29 is 14.2 Å². The minimum absolute atomic E-state index is 0.0206. The van der Waals surface area contributed by atoms with Gasteiger partial charge >= 0.3 is 0 Å². The zero-order valence-electron chi connectivity index (χ0n) is 27.3. The molecule has 2 aromatic heterocycles. The highest BCUT2D eigenvalue weighted by Gasteiger charge is 2.28. The first kappa shape index (κ1) is 31.7. The largest absolute Gasteiger partial charge is 0.490 e. The maximum Gasteiger partial charge on any atom is 0.279 e. The number of ether oxygens (including phenoxy) is 3. The summed E-state index contributed by atoms with van der Waals surface area (Å²) in [4.78, 5) is 35.5. The molecule has 10 nitrogen and oxygen atoms in total. The van der Waals surface area contributed by atoms with Crippen LogP contribution in [0.3, 0.4) is 0 Å². The standard InChI is InChI=1S/C34H45N5O5SSi/c1-42-25-7-6-12-37(19-25)17-22-15-28-31-29(16-22)44-20-24-11-10-23(35-24)18-39-33(40)27-9-5-8-26(32(27)45-39)30(36-31)34(41)38(28)21-43-13-14-46(2,3)4/h5,8-9,15-16,23-25,35H,6-7,10-14,17-21H2,1-4H3. The minimum Gasteiger partial charge on any atom is -0.490 e. The van der Waals surface area contributed by atoms with E-state index in [1.165, 1.54) is 11.5 Å². The molecule has 3 aliphatic rings. The average Bonchev–Trinajstić information content (AvgIpc) is 3.61. The molecule has 3 unspecified atom stereocenters. The monoisotopic (exact) mass is 663 g/mol. The van der Waals surface area contributed by atoms with Gasteiger partial charge in [-0.25, -0.2) is 4.98 Å². The van der Waals surface area contributed by atoms with E-state index in [0.29, 0.717) is 53.2 Å². The molecule has 6 bridgehead atoms. The highest BCUT2D eigenvalue weighted by Crippen LogP contribution is 2.33. The highest BCUT2D eigenvalue weighted by atomic mass is 32.1. The lowest BCUT2D eigenvalue weighted by molar-refractivity contribution is 0.0285. The number of hydrogen-bond donors (Lipinski definition) is 1. The molecule has 0 radical (unpaired) electrons. The van der Waals surface area contributed by atoms with Gasteiger partial charge in [-0.05, 0) is 62.0 Å². The Morgan fingerprint density at radius 3 is 2.76 bits per heavy atom. The van der Waals surface area contributed by atoms with Crippen LogP contribution in [0.2, 0.25) is 25.7 Å². The molecule has 4 aromatic rings. The smallest absolute Gasteiger partial charge is 0.279 e. The molecule has 46 heavy (non-hydrogen) atoms. The van der Waals surface area contributed by atoms with Crippen LogP contribution < -0.4 is 21.2 Å². The number of likely N-dealkylation sites (tertiary alicyclic amines) is 1. The summed E-state index contributed by atoms with van der Waals surface area (Å²) in [5.41, 5.74) is 3.15. The molecule has 1 N–H and O–H groups in total. The Hall–Kier alpha value is -2.87. The maximum atomic E-state index is 14.5. The summed E-state index contributed by atoms with van der Waals surface area (Å²) in [6.45, 7) is 11.3. The first-order valence-electron chi connectivity index (χ1n) is 16.6. The Bertz CT molecular complexity index is 1860. The van der Waals surface area contributed by atoms with Crippen molar-refractivity contribution in [2.75, 3.05) is 33.4 Å². The molecule has 12 heteroatoms. The predicted molar refractivity (Wildman–Crippen MR) is 186 cm³/mol. The fraction of sp³-hybridized carbons (Fsp3) is 0.559. The van der Waals surface area contributed by atoms with E-state index in [-0.39, 0.29) is 36.0 Å². The molecule has 3 aliphatic heterocycles. The molecule has 5 heterocycles. The molecule has 246 valence electrons. The molecule has 2 saturated heterocycles. The van der Waals surface area contributed by atoms with Crippen molar-refractivity contribution >= 4 is 40.7 Å². The van der Waals surface area contributed by atoms with Gasteiger partial charge in [-0.15, -0.1) is 0 Å². The van der Waals surface area contributed by atoms with Gasteiger partial charge in [0.1, 0.15) is 30.3 Å². The van der Waals surface area contributed by atoms with E-state index in [9.17, 15) is 9.59 Å². The summed E-state index contributed by atoms with van der Waals surface area (Å²) in [6, 6.07) is 11.1. The van der Waals surface area contributed by atoms with Crippen molar-refractivity contribution in [3.05, 3.63) is 56.6 Å². The lowest BCUT2D eigenvalue weighted by Gasteiger charge is -2.32. The van der Waals surface area contributed by atoms with Gasteiger partial charge in [0.2, 0.25) is 0 Å². The fourth-order valence-electron chi connectivity index (χ4n) is 6.97. The van der Waals surface area contributed by atoms with Crippen molar-refractivity contribution in [2.24, 2.45) is 0 Å². The second-order valence-electron chi connectivity index (χ2n) is 14.3. The summed E-state index contributed by atoms with van der Waals surface area (Å²) in [6.07, 6.45) is 4.32. The van der Waals surface area contributed by atoms with Crippen molar-refractivity contribution in [3.63, 3.8) is 0 Å². The van der Waals surface area contributed by atoms with Crippen LogP contribution in [-0.2, 0) is 29.3 Å². The molecular weight excluding hydrogens is 619 g/mol. The Morgan fingerprint density at radius 1 is 1.09 bits per heavy atom. The van der Waals surface area contributed by atoms with E-state index in [4.69, 9.17) is 19.2 Å². The van der Waals surface area contributed by atoms with Crippen LogP contribution in [0.1, 0.15) is 31.2 Å². The maximum absolute atomic E-state index is 14.5. The molecule has 0 aliphatic carbocycles. The third-order valence-electron chi connectivity index (χ3n) is 9.59. The molecule has 0 amide bonds. The van der Waals surface area contributed by atoms with E-state index < -0.39 is 8.07 Å². The Labute approximate surface area is 274 Å². The number of nitrogens with zero attached hydrogens (tertiary/aromatic N) is 4. The lowest BCUT2D eigenvalue weighted by Crippen LogP contribution is -2.38. The van der Waals surface area contributed by atoms with Crippen LogP contribution in [0.5, 0.6) is 5.75 Å². The van der Waals surface area contributed by atoms with Crippen molar-refractivity contribution in [3.8, 4) is 17.0 Å². The van der Waals surface area contributed by atoms with Crippen LogP contribution in [0.4, 0.5) is 0 Å². The molecular formula is C34H45N5O5SSi. The number of methoxy groups -OCH3 is 1. The number of piperidine rings is 1. The quantitative estimate of drug-likeness (QED) is 0.211. The van der Waals surface area contributed by atoms with Crippen LogP contribution in [0.25, 0.3) is 32.4 Å². The summed E-state index contributed by atoms with van der Waals surface area (Å²) >= 11 is 1.43. The van der Waals surface area contributed by atoms with Crippen molar-refractivity contribution in [2.45, 2.75) is 89.4 Å². The van der Waals surface area contributed by atoms with Gasteiger partial charge in [-0.3, -0.25) is 23.0 Å². The number of aromatic nitrogens is 3. The van der Waals surface area contributed by atoms with E-state index >= 15 is 0 Å². The summed E-state index contributed by atoms with van der Waals surface area (Å²) in [7, 11) is 0.458. The van der Waals surface area contributed by atoms with Crippen molar-refractivity contribution in [1.82, 2.24) is 23.7 Å². The second kappa shape index (κ2) is 13.0. The van der Waals surface area contributed by atoms with E-state index in [1.807, 2.05) is 22.2 Å². The van der Waals surface area contributed by atoms with Gasteiger partial charge in [0.15, 0.2) is 0 Å². The third kappa shape index (κ3) is 6.48. The van der Waals surface area contributed by atoms with Crippen LogP contribution in [-0.4, -0.2) is 78.1 Å². The van der Waals surface area contributed by atoms with Crippen LogP contribution in [0, 0.1) is 0 Å². The first-order chi connectivity index (χ1) is 22.2. The third-order valence-corrected chi connectivity index (χ3v) is 12.4. The van der Waals surface area contributed by atoms with Gasteiger partial charge in [0.25, 0.3) is 11.1 Å². The number of benzene rings is 2. The SMILES string of the molecule is COC1CCCN(Cc2cc3c4nc(c(=O)n(COCC[Si](C)(C)C)c4c2)-c2cccc4c(=O)n(sc24)CC2CCC(CO3)N2)C1. The van der Waals surface area contributed by atoms with Crippen LogP contribution in [0.15, 0.2) is 39.9 Å². The molecule has 3 atom stereocenters. The minimum atomic E-state index is -1.33. The van der Waals surface area contributed by atoms with E-state index in [0.717, 1.165) is 61.6 Å². The van der Waals surface area contributed by atoms with Gasteiger partial charge < -0.3 is 19.5 Å². The molecule has 7 rings (SSSR count). The number of fused-ring (bicyclic) bond motifs is 5. The van der Waals surface area contributed by atoms with Gasteiger partial charge in [-0.2, -0.15) is 0 Å². The lowest BCUT2D eigenvalue weighted by atomic mass is 10.1. The Kier molecular flexibility index (Phi) is 8.94. The molecule has 2 fully saturated rings. The van der Waals surface area contributed by atoms with Gasteiger partial charge in [-0.1, -0.05) is 43.3 Å². The number of hydrogen-bond acceptors (Lipinski definition) is 9. The Morgan fingerprint density at radius 2 is 1.93 bits per heavy atom. The zero-order valence-corrected chi connectivity index (χ0v) is 29.2. The molecule has 2 aromatic carbocycles. The topological polar surface area (TPSA) is 99.9 Å². The summed E-state index contributed by atoms with van der Waals surface area (Å²) < 4.78 is 22.9. The second-order valence-corrected chi connectivity index (χ2v) is 21.0. The first-order valence-corrected chi connectivity index (χ1v) is 21.1. The summed E-state index contributed by atoms with van der Waals surface area (Å²) in [5, 5.41) is 4.33. The molecule has 0 saturated carbocycles. The Balaban J connectivity index is 1.40.